The summed E-state index contributed by atoms with van der Waals surface area (Å²) >= 11 is 0. The van der Waals surface area contributed by atoms with Crippen LogP contribution in [0.2, 0.25) is 0 Å². The molecular formula is C19H24O2. The van der Waals surface area contributed by atoms with Crippen molar-refractivity contribution in [3.8, 4) is 5.75 Å². The topological polar surface area (TPSA) is 29.5 Å². The molecular weight excluding hydrogens is 260 g/mol. The molecule has 0 radical (unpaired) electrons. The first kappa shape index (κ1) is 13.4. The smallest absolute Gasteiger partial charge is 0.115 e. The fourth-order valence-corrected chi connectivity index (χ4v) is 5.33. The number of allylic oxidation sites excluding steroid dienone is 1. The third-order valence-electron chi connectivity index (χ3n) is 6.40. The molecule has 3 aliphatic carbocycles. The lowest BCUT2D eigenvalue weighted by Crippen LogP contribution is -2.45. The standard InChI is InChI=1S/C19H24O2/c1-19-10-9-15-14-6-4-13(20)11-12(14)3-5-16(15)17(19)7-8-18(19)21-2/h4,6-8,11,15-18,20H,3,5,9-10H2,1-2H3/t15?,16?,17?,18?,19-/m0/s1. The van der Waals surface area contributed by atoms with Gasteiger partial charge in [0.2, 0.25) is 0 Å². The van der Waals surface area contributed by atoms with Crippen molar-refractivity contribution in [2.45, 2.75) is 44.6 Å². The van der Waals surface area contributed by atoms with Crippen LogP contribution in [0.1, 0.15) is 43.2 Å². The van der Waals surface area contributed by atoms with Gasteiger partial charge in [0.25, 0.3) is 0 Å². The van der Waals surface area contributed by atoms with E-state index in [2.05, 4.69) is 25.1 Å². The maximum atomic E-state index is 9.71. The highest BCUT2D eigenvalue weighted by Gasteiger charge is 2.52. The number of phenols is 1. The van der Waals surface area contributed by atoms with Gasteiger partial charge >= 0.3 is 0 Å². The fourth-order valence-electron chi connectivity index (χ4n) is 5.33. The Hall–Kier alpha value is -1.28. The monoisotopic (exact) mass is 284 g/mol. The Morgan fingerprint density at radius 2 is 2.10 bits per heavy atom. The predicted molar refractivity (Wildman–Crippen MR) is 83.4 cm³/mol. The van der Waals surface area contributed by atoms with Crippen molar-refractivity contribution in [1.82, 2.24) is 0 Å². The lowest BCUT2D eigenvalue weighted by Gasteiger charge is -2.50. The molecule has 112 valence electrons. The minimum atomic E-state index is 0.282. The third-order valence-corrected chi connectivity index (χ3v) is 6.40. The van der Waals surface area contributed by atoms with Gasteiger partial charge in [-0.25, -0.2) is 0 Å². The molecule has 2 nitrogen and oxygen atoms in total. The van der Waals surface area contributed by atoms with Crippen LogP contribution in [-0.2, 0) is 11.2 Å². The quantitative estimate of drug-likeness (QED) is 0.789. The number of methoxy groups -OCH3 is 1. The molecule has 4 rings (SSSR count). The molecule has 0 bridgehead atoms. The van der Waals surface area contributed by atoms with E-state index in [1.54, 1.807) is 0 Å². The Kier molecular flexibility index (Phi) is 2.94. The number of ether oxygens (including phenoxy) is 1. The minimum absolute atomic E-state index is 0.282. The number of fused-ring (bicyclic) bond motifs is 5. The number of hydrogen-bond acceptors (Lipinski definition) is 2. The molecule has 0 saturated heterocycles. The first-order valence-corrected chi connectivity index (χ1v) is 8.16. The van der Waals surface area contributed by atoms with E-state index in [-0.39, 0.29) is 11.5 Å². The summed E-state index contributed by atoms with van der Waals surface area (Å²) in [6.07, 6.45) is 9.81. The van der Waals surface area contributed by atoms with E-state index < -0.39 is 0 Å². The molecule has 0 aromatic heterocycles. The molecule has 5 atom stereocenters. The van der Waals surface area contributed by atoms with Crippen molar-refractivity contribution in [2.75, 3.05) is 7.11 Å². The summed E-state index contributed by atoms with van der Waals surface area (Å²) in [6, 6.07) is 6.00. The van der Waals surface area contributed by atoms with Gasteiger partial charge in [0, 0.05) is 12.5 Å². The van der Waals surface area contributed by atoms with E-state index in [0.717, 1.165) is 12.3 Å². The van der Waals surface area contributed by atoms with Crippen LogP contribution in [0.4, 0.5) is 0 Å². The first-order chi connectivity index (χ1) is 10.1. The zero-order valence-corrected chi connectivity index (χ0v) is 12.9. The molecule has 3 aliphatic rings. The zero-order valence-electron chi connectivity index (χ0n) is 12.9. The first-order valence-electron chi connectivity index (χ1n) is 8.16. The van der Waals surface area contributed by atoms with E-state index in [0.29, 0.717) is 17.6 Å². The average molecular weight is 284 g/mol. The second-order valence-electron chi connectivity index (χ2n) is 7.30. The van der Waals surface area contributed by atoms with Crippen molar-refractivity contribution in [1.29, 1.82) is 0 Å². The summed E-state index contributed by atoms with van der Waals surface area (Å²) in [5.74, 6) is 2.45. The Bertz CT molecular complexity index is 591. The minimum Gasteiger partial charge on any atom is -0.508 e. The van der Waals surface area contributed by atoms with Crippen LogP contribution < -0.4 is 0 Å². The van der Waals surface area contributed by atoms with Crippen molar-refractivity contribution >= 4 is 0 Å². The van der Waals surface area contributed by atoms with Crippen molar-refractivity contribution < 1.29 is 9.84 Å². The summed E-state index contributed by atoms with van der Waals surface area (Å²) in [6.45, 7) is 2.41. The van der Waals surface area contributed by atoms with Gasteiger partial charge < -0.3 is 9.84 Å². The molecule has 1 N–H and O–H groups in total. The SMILES string of the molecule is COC1C=CC2C3CCc4cc(O)ccc4C3CC[C@]12C. The highest BCUT2D eigenvalue weighted by Crippen LogP contribution is 2.59. The molecule has 21 heavy (non-hydrogen) atoms. The van der Waals surface area contributed by atoms with Gasteiger partial charge in [-0.1, -0.05) is 25.1 Å². The molecule has 1 aromatic rings. The number of benzene rings is 1. The third kappa shape index (κ3) is 1.81. The number of aryl methyl sites for hydroxylation is 1. The highest BCUT2D eigenvalue weighted by atomic mass is 16.5. The summed E-state index contributed by atoms with van der Waals surface area (Å²) < 4.78 is 5.73. The largest absolute Gasteiger partial charge is 0.508 e. The summed E-state index contributed by atoms with van der Waals surface area (Å²) in [7, 11) is 1.84. The summed E-state index contributed by atoms with van der Waals surface area (Å²) in [4.78, 5) is 0. The van der Waals surface area contributed by atoms with Gasteiger partial charge in [-0.2, -0.15) is 0 Å². The maximum Gasteiger partial charge on any atom is 0.115 e. The molecule has 0 amide bonds. The van der Waals surface area contributed by atoms with Crippen molar-refractivity contribution in [3.05, 3.63) is 41.5 Å². The highest BCUT2D eigenvalue weighted by molar-refractivity contribution is 5.40. The van der Waals surface area contributed by atoms with Gasteiger partial charge in [0.1, 0.15) is 5.75 Å². The van der Waals surface area contributed by atoms with Crippen molar-refractivity contribution in [2.24, 2.45) is 17.3 Å². The molecule has 0 heterocycles. The van der Waals surface area contributed by atoms with Crippen LogP contribution in [0.3, 0.4) is 0 Å². The molecule has 1 fully saturated rings. The average Bonchev–Trinajstić information content (AvgIpc) is 2.83. The summed E-state index contributed by atoms with van der Waals surface area (Å²) in [5, 5.41) is 9.71. The van der Waals surface area contributed by atoms with Gasteiger partial charge in [-0.15, -0.1) is 0 Å². The van der Waals surface area contributed by atoms with E-state index in [9.17, 15) is 5.11 Å². The van der Waals surface area contributed by atoms with Crippen LogP contribution in [-0.4, -0.2) is 18.3 Å². The number of aromatic hydroxyl groups is 1. The van der Waals surface area contributed by atoms with E-state index in [1.165, 1.54) is 30.4 Å². The van der Waals surface area contributed by atoms with Gasteiger partial charge in [-0.3, -0.25) is 0 Å². The van der Waals surface area contributed by atoms with Crippen LogP contribution >= 0.6 is 0 Å². The fraction of sp³-hybridized carbons (Fsp3) is 0.579. The summed E-state index contributed by atoms with van der Waals surface area (Å²) in [5.41, 5.74) is 3.13. The zero-order chi connectivity index (χ0) is 14.6. The van der Waals surface area contributed by atoms with Crippen LogP contribution in [0.25, 0.3) is 0 Å². The second kappa shape index (κ2) is 4.61. The van der Waals surface area contributed by atoms with E-state index in [4.69, 9.17) is 4.74 Å². The van der Waals surface area contributed by atoms with Crippen molar-refractivity contribution in [3.63, 3.8) is 0 Å². The molecule has 1 aromatic carbocycles. The Balaban J connectivity index is 1.70. The molecule has 0 aliphatic heterocycles. The van der Waals surface area contributed by atoms with Gasteiger partial charge in [0.05, 0.1) is 6.10 Å². The number of hydrogen-bond donors (Lipinski definition) is 1. The number of rotatable bonds is 1. The van der Waals surface area contributed by atoms with Crippen LogP contribution in [0.5, 0.6) is 5.75 Å². The second-order valence-corrected chi connectivity index (χ2v) is 7.30. The maximum absolute atomic E-state index is 9.71. The predicted octanol–water partition coefficient (Wildman–Crippen LogP) is 4.04. The van der Waals surface area contributed by atoms with Crippen LogP contribution in [0.15, 0.2) is 30.4 Å². The molecule has 1 saturated carbocycles. The van der Waals surface area contributed by atoms with E-state index in [1.807, 2.05) is 19.2 Å². The lowest BCUT2D eigenvalue weighted by molar-refractivity contribution is -0.0320. The van der Waals surface area contributed by atoms with E-state index >= 15 is 0 Å². The normalized spacial score (nSPS) is 40.5. The lowest BCUT2D eigenvalue weighted by atomic mass is 9.55. The molecule has 0 spiro atoms. The van der Waals surface area contributed by atoms with Crippen LogP contribution in [0, 0.1) is 17.3 Å². The number of phenolic OH excluding ortho intramolecular Hbond substituents is 1. The molecule has 2 heteroatoms. The van der Waals surface area contributed by atoms with Gasteiger partial charge in [-0.05, 0) is 66.7 Å². The van der Waals surface area contributed by atoms with Gasteiger partial charge in [0.15, 0.2) is 0 Å². The molecule has 4 unspecified atom stereocenters. The Morgan fingerprint density at radius 3 is 2.90 bits per heavy atom. The Labute approximate surface area is 126 Å². The Morgan fingerprint density at radius 1 is 1.24 bits per heavy atom.